The van der Waals surface area contributed by atoms with Gasteiger partial charge >= 0.3 is 5.97 Å². The molecule has 0 spiro atoms. The number of hydrogen-bond acceptors (Lipinski definition) is 5. The first-order chi connectivity index (χ1) is 12.0. The molecule has 25 heavy (non-hydrogen) atoms. The Hall–Kier alpha value is -3.28. The summed E-state index contributed by atoms with van der Waals surface area (Å²) >= 11 is 0. The van der Waals surface area contributed by atoms with Gasteiger partial charge in [-0.25, -0.2) is 0 Å². The second-order valence-corrected chi connectivity index (χ2v) is 5.69. The smallest absolute Gasteiger partial charge is 0.326 e. The van der Waals surface area contributed by atoms with Gasteiger partial charge in [0, 0.05) is 5.56 Å². The fourth-order valence-corrected chi connectivity index (χ4v) is 2.53. The van der Waals surface area contributed by atoms with Gasteiger partial charge < -0.3 is 4.74 Å². The Balaban J connectivity index is 1.58. The molecule has 126 valence electrons. The lowest BCUT2D eigenvalue weighted by Crippen LogP contribution is -2.36. The predicted octanol–water partition coefficient (Wildman–Crippen LogP) is 2.02. The summed E-state index contributed by atoms with van der Waals surface area (Å²) in [5.41, 5.74) is 1.96. The molecule has 0 radical (unpaired) electrons. The first-order valence-electron chi connectivity index (χ1n) is 7.68. The van der Waals surface area contributed by atoms with Crippen molar-refractivity contribution in [2.24, 2.45) is 0 Å². The molecular weight excluding hydrogens is 322 g/mol. The van der Waals surface area contributed by atoms with Gasteiger partial charge in [-0.3, -0.25) is 24.1 Å². The first kappa shape index (κ1) is 16.6. The molecule has 0 aromatic heterocycles. The molecule has 2 aromatic carbocycles. The molecule has 0 saturated heterocycles. The van der Waals surface area contributed by atoms with E-state index in [0.717, 1.165) is 10.5 Å². The molecule has 0 fully saturated rings. The zero-order valence-corrected chi connectivity index (χ0v) is 13.5. The van der Waals surface area contributed by atoms with Gasteiger partial charge in [0.1, 0.15) is 6.54 Å². The van der Waals surface area contributed by atoms with Gasteiger partial charge in [0.25, 0.3) is 11.8 Å². The minimum Gasteiger partial charge on any atom is -0.456 e. The van der Waals surface area contributed by atoms with Crippen molar-refractivity contribution >= 4 is 23.6 Å². The van der Waals surface area contributed by atoms with Gasteiger partial charge in [0.15, 0.2) is 12.4 Å². The molecule has 0 unspecified atom stereocenters. The number of nitrogens with zero attached hydrogens (tertiary/aromatic N) is 1. The van der Waals surface area contributed by atoms with Crippen LogP contribution in [0.4, 0.5) is 0 Å². The maximum atomic E-state index is 12.2. The Morgan fingerprint density at radius 1 is 0.920 bits per heavy atom. The lowest BCUT2D eigenvalue weighted by atomic mass is 10.1. The summed E-state index contributed by atoms with van der Waals surface area (Å²) in [4.78, 5) is 49.0. The van der Waals surface area contributed by atoms with E-state index >= 15 is 0 Å². The number of benzene rings is 2. The Labute approximate surface area is 144 Å². The predicted molar refractivity (Wildman–Crippen MR) is 88.3 cm³/mol. The zero-order chi connectivity index (χ0) is 18.0. The summed E-state index contributed by atoms with van der Waals surface area (Å²) in [7, 11) is 0. The van der Waals surface area contributed by atoms with Gasteiger partial charge in [-0.15, -0.1) is 0 Å². The normalized spacial score (nSPS) is 12.9. The second kappa shape index (κ2) is 6.68. The summed E-state index contributed by atoms with van der Waals surface area (Å²) < 4.78 is 4.91. The quantitative estimate of drug-likeness (QED) is 0.474. The molecule has 6 heteroatoms. The van der Waals surface area contributed by atoms with Crippen molar-refractivity contribution in [3.05, 3.63) is 70.8 Å². The highest BCUT2D eigenvalue weighted by Gasteiger charge is 2.36. The minimum absolute atomic E-state index is 0.260. The number of aryl methyl sites for hydroxylation is 1. The van der Waals surface area contributed by atoms with Crippen LogP contribution >= 0.6 is 0 Å². The van der Waals surface area contributed by atoms with Crippen LogP contribution in [0.3, 0.4) is 0 Å². The van der Waals surface area contributed by atoms with Gasteiger partial charge in [-0.1, -0.05) is 42.0 Å². The average Bonchev–Trinajstić information content (AvgIpc) is 2.86. The topological polar surface area (TPSA) is 80.8 Å². The Kier molecular flexibility index (Phi) is 4.43. The van der Waals surface area contributed by atoms with Crippen LogP contribution in [0.25, 0.3) is 0 Å². The standard InChI is InChI=1S/C19H15NO5/c1-12-6-8-13(9-7-12)16(21)11-25-17(22)10-20-18(23)14-4-2-3-5-15(14)19(20)24/h2-9H,10-11H2,1H3. The van der Waals surface area contributed by atoms with Gasteiger partial charge in [-0.2, -0.15) is 0 Å². The van der Waals surface area contributed by atoms with Crippen molar-refractivity contribution in [1.29, 1.82) is 0 Å². The summed E-state index contributed by atoms with van der Waals surface area (Å²) in [5.74, 6) is -2.24. The van der Waals surface area contributed by atoms with Crippen LogP contribution in [0.15, 0.2) is 48.5 Å². The maximum Gasteiger partial charge on any atom is 0.326 e. The molecule has 2 amide bonds. The molecule has 0 saturated carbocycles. The van der Waals surface area contributed by atoms with Crippen LogP contribution in [-0.4, -0.2) is 41.6 Å². The fourth-order valence-electron chi connectivity index (χ4n) is 2.53. The number of carbonyl (C=O) groups excluding carboxylic acids is 4. The van der Waals surface area contributed by atoms with Crippen molar-refractivity contribution < 1.29 is 23.9 Å². The molecular formula is C19H15NO5. The summed E-state index contributed by atoms with van der Waals surface area (Å²) in [6.45, 7) is 0.939. The molecule has 0 atom stereocenters. The number of rotatable bonds is 5. The van der Waals surface area contributed by atoms with Gasteiger partial charge in [0.2, 0.25) is 0 Å². The Bertz CT molecular complexity index is 835. The minimum atomic E-state index is -0.810. The number of Topliss-reactive ketones (excluding diaryl/α,β-unsaturated/α-hetero) is 1. The lowest BCUT2D eigenvalue weighted by molar-refractivity contribution is -0.142. The lowest BCUT2D eigenvalue weighted by Gasteiger charge is -2.12. The Morgan fingerprint density at radius 2 is 1.48 bits per heavy atom. The van der Waals surface area contributed by atoms with E-state index < -0.39 is 30.9 Å². The molecule has 0 aliphatic carbocycles. The number of imide groups is 1. The van der Waals surface area contributed by atoms with Crippen LogP contribution in [-0.2, 0) is 9.53 Å². The molecule has 6 nitrogen and oxygen atoms in total. The monoisotopic (exact) mass is 337 g/mol. The van der Waals surface area contributed by atoms with Crippen molar-refractivity contribution in [2.45, 2.75) is 6.92 Å². The molecule has 0 N–H and O–H groups in total. The van der Waals surface area contributed by atoms with E-state index in [1.54, 1.807) is 36.4 Å². The molecule has 1 heterocycles. The molecule has 1 aliphatic rings. The highest BCUT2D eigenvalue weighted by Crippen LogP contribution is 2.22. The van der Waals surface area contributed by atoms with Crippen LogP contribution in [0.2, 0.25) is 0 Å². The number of ether oxygens (including phenoxy) is 1. The first-order valence-corrected chi connectivity index (χ1v) is 7.68. The third kappa shape index (κ3) is 3.33. The van der Waals surface area contributed by atoms with Crippen molar-refractivity contribution in [3.63, 3.8) is 0 Å². The molecule has 1 aliphatic heterocycles. The SMILES string of the molecule is Cc1ccc(C(=O)COC(=O)CN2C(=O)c3ccccc3C2=O)cc1. The van der Waals surface area contributed by atoms with Crippen molar-refractivity contribution in [3.8, 4) is 0 Å². The third-order valence-corrected chi connectivity index (χ3v) is 3.90. The number of carbonyl (C=O) groups is 4. The van der Waals surface area contributed by atoms with Gasteiger partial charge in [0.05, 0.1) is 11.1 Å². The average molecular weight is 337 g/mol. The number of esters is 1. The van der Waals surface area contributed by atoms with Crippen molar-refractivity contribution in [1.82, 2.24) is 4.90 Å². The Morgan fingerprint density at radius 3 is 2.04 bits per heavy atom. The largest absolute Gasteiger partial charge is 0.456 e. The highest BCUT2D eigenvalue weighted by molar-refractivity contribution is 6.22. The molecule has 2 aromatic rings. The van der Waals surface area contributed by atoms with Crippen molar-refractivity contribution in [2.75, 3.05) is 13.2 Å². The van der Waals surface area contributed by atoms with E-state index in [-0.39, 0.29) is 16.9 Å². The van der Waals surface area contributed by atoms with Crippen LogP contribution in [0, 0.1) is 6.92 Å². The zero-order valence-electron chi connectivity index (χ0n) is 13.5. The second-order valence-electron chi connectivity index (χ2n) is 5.69. The van der Waals surface area contributed by atoms with Gasteiger partial charge in [-0.05, 0) is 19.1 Å². The summed E-state index contributed by atoms with van der Waals surface area (Å²) in [5, 5.41) is 0. The van der Waals surface area contributed by atoms with E-state index in [1.807, 2.05) is 6.92 Å². The van der Waals surface area contributed by atoms with Crippen LogP contribution < -0.4 is 0 Å². The van der Waals surface area contributed by atoms with E-state index in [0.29, 0.717) is 5.56 Å². The number of ketones is 1. The number of hydrogen-bond donors (Lipinski definition) is 0. The highest BCUT2D eigenvalue weighted by atomic mass is 16.5. The van der Waals surface area contributed by atoms with E-state index in [9.17, 15) is 19.2 Å². The van der Waals surface area contributed by atoms with Crippen LogP contribution in [0.5, 0.6) is 0 Å². The third-order valence-electron chi connectivity index (χ3n) is 3.90. The number of fused-ring (bicyclic) bond motifs is 1. The summed E-state index contributed by atoms with van der Waals surface area (Å²) in [6, 6.07) is 13.2. The maximum absolute atomic E-state index is 12.2. The summed E-state index contributed by atoms with van der Waals surface area (Å²) in [6.07, 6.45) is 0. The molecule has 0 bridgehead atoms. The van der Waals surface area contributed by atoms with E-state index in [1.165, 1.54) is 12.1 Å². The van der Waals surface area contributed by atoms with E-state index in [4.69, 9.17) is 4.74 Å². The fraction of sp³-hybridized carbons (Fsp3) is 0.158. The number of amides is 2. The van der Waals surface area contributed by atoms with Crippen LogP contribution in [0.1, 0.15) is 36.6 Å². The van der Waals surface area contributed by atoms with E-state index in [2.05, 4.69) is 0 Å². The molecule has 3 rings (SSSR count).